The summed E-state index contributed by atoms with van der Waals surface area (Å²) in [6.45, 7) is 2.08. The number of aryl methyl sites for hydroxylation is 1. The van der Waals surface area contributed by atoms with Crippen molar-refractivity contribution in [2.24, 2.45) is 0 Å². The van der Waals surface area contributed by atoms with Gasteiger partial charge >= 0.3 is 0 Å². The van der Waals surface area contributed by atoms with Crippen molar-refractivity contribution in [2.45, 2.75) is 18.7 Å². The first-order valence-corrected chi connectivity index (χ1v) is 7.00. The van der Waals surface area contributed by atoms with Gasteiger partial charge in [0.05, 0.1) is 9.16 Å². The summed E-state index contributed by atoms with van der Waals surface area (Å²) in [5.74, 6) is 0. The van der Waals surface area contributed by atoms with E-state index in [0.29, 0.717) is 0 Å². The maximum Gasteiger partial charge on any atom is 0.0731 e. The zero-order valence-electron chi connectivity index (χ0n) is 8.78. The summed E-state index contributed by atoms with van der Waals surface area (Å²) in [7, 11) is 0. The summed E-state index contributed by atoms with van der Waals surface area (Å²) >= 11 is 11.6. The van der Waals surface area contributed by atoms with E-state index in [-0.39, 0.29) is 5.38 Å². The zero-order valence-corrected chi connectivity index (χ0v) is 11.9. The van der Waals surface area contributed by atoms with Gasteiger partial charge in [0.25, 0.3) is 0 Å². The summed E-state index contributed by atoms with van der Waals surface area (Å²) < 4.78 is 1.17. The molecular weight excluding hydrogens is 306 g/mol. The molecular formula is C12H11BrClNS. The quantitative estimate of drug-likeness (QED) is 0.746. The predicted octanol–water partition coefficient (Wildman–Crippen LogP) is 4.74. The largest absolute Gasteiger partial charge is 0.265 e. The SMILES string of the molecule is Cc1cc(C(Cl)Cc2ccncc2)sc1Br. The van der Waals surface area contributed by atoms with E-state index < -0.39 is 0 Å². The molecule has 2 rings (SSSR count). The number of aromatic nitrogens is 1. The molecule has 16 heavy (non-hydrogen) atoms. The molecule has 0 aliphatic rings. The van der Waals surface area contributed by atoms with Crippen molar-refractivity contribution in [3.63, 3.8) is 0 Å². The van der Waals surface area contributed by atoms with Gasteiger partial charge < -0.3 is 0 Å². The van der Waals surface area contributed by atoms with Gasteiger partial charge in [-0.1, -0.05) is 0 Å². The third-order valence-electron chi connectivity index (χ3n) is 2.35. The highest BCUT2D eigenvalue weighted by Crippen LogP contribution is 2.35. The van der Waals surface area contributed by atoms with E-state index >= 15 is 0 Å². The number of nitrogens with zero attached hydrogens (tertiary/aromatic N) is 1. The molecule has 0 bridgehead atoms. The van der Waals surface area contributed by atoms with E-state index in [1.54, 1.807) is 23.7 Å². The molecule has 0 fully saturated rings. The normalized spacial score (nSPS) is 12.7. The predicted molar refractivity (Wildman–Crippen MR) is 73.3 cm³/mol. The minimum absolute atomic E-state index is 0.0393. The average molecular weight is 317 g/mol. The van der Waals surface area contributed by atoms with Crippen molar-refractivity contribution < 1.29 is 0 Å². The maximum absolute atomic E-state index is 6.40. The average Bonchev–Trinajstić information content (AvgIpc) is 2.61. The van der Waals surface area contributed by atoms with Gasteiger partial charge in [0, 0.05) is 17.3 Å². The van der Waals surface area contributed by atoms with Crippen LogP contribution in [0.3, 0.4) is 0 Å². The molecule has 1 unspecified atom stereocenters. The Bertz CT molecular complexity index is 450. The maximum atomic E-state index is 6.40. The van der Waals surface area contributed by atoms with E-state index in [1.165, 1.54) is 19.8 Å². The first-order chi connectivity index (χ1) is 7.66. The summed E-state index contributed by atoms with van der Waals surface area (Å²) in [6, 6.07) is 6.16. The highest BCUT2D eigenvalue weighted by Gasteiger charge is 2.13. The smallest absolute Gasteiger partial charge is 0.0731 e. The molecule has 1 atom stereocenters. The number of pyridine rings is 1. The van der Waals surface area contributed by atoms with Gasteiger partial charge in [0.1, 0.15) is 0 Å². The van der Waals surface area contributed by atoms with Crippen LogP contribution in [0, 0.1) is 6.92 Å². The summed E-state index contributed by atoms with van der Waals surface area (Å²) in [5.41, 5.74) is 2.47. The molecule has 0 N–H and O–H groups in total. The van der Waals surface area contributed by atoms with Crippen LogP contribution in [0.4, 0.5) is 0 Å². The molecule has 0 saturated carbocycles. The Labute approximate surface area is 113 Å². The minimum Gasteiger partial charge on any atom is -0.265 e. The fraction of sp³-hybridized carbons (Fsp3) is 0.250. The van der Waals surface area contributed by atoms with Crippen molar-refractivity contribution in [1.82, 2.24) is 4.98 Å². The number of thiophene rings is 1. The Morgan fingerprint density at radius 1 is 1.44 bits per heavy atom. The van der Waals surface area contributed by atoms with Crippen LogP contribution in [-0.2, 0) is 6.42 Å². The third-order valence-corrected chi connectivity index (χ3v) is 5.12. The fourth-order valence-electron chi connectivity index (χ4n) is 1.46. The van der Waals surface area contributed by atoms with Crippen LogP contribution in [0.5, 0.6) is 0 Å². The minimum atomic E-state index is 0.0393. The molecule has 0 saturated heterocycles. The van der Waals surface area contributed by atoms with Gasteiger partial charge in [-0.05, 0) is 58.6 Å². The molecule has 0 aromatic carbocycles. The van der Waals surface area contributed by atoms with Crippen LogP contribution >= 0.6 is 38.9 Å². The number of hydrogen-bond donors (Lipinski definition) is 0. The number of alkyl halides is 1. The van der Waals surface area contributed by atoms with E-state index in [0.717, 1.165) is 6.42 Å². The monoisotopic (exact) mass is 315 g/mol. The standard InChI is InChI=1S/C12H11BrClNS/c1-8-6-11(16-12(8)13)10(14)7-9-2-4-15-5-3-9/h2-6,10H,7H2,1H3. The number of halogens is 2. The molecule has 0 aliphatic heterocycles. The summed E-state index contributed by atoms with van der Waals surface area (Å²) in [4.78, 5) is 5.21. The summed E-state index contributed by atoms with van der Waals surface area (Å²) in [5, 5.41) is 0.0393. The second kappa shape index (κ2) is 5.30. The van der Waals surface area contributed by atoms with Gasteiger partial charge in [-0.15, -0.1) is 22.9 Å². The van der Waals surface area contributed by atoms with Crippen molar-refractivity contribution >= 4 is 38.9 Å². The second-order valence-corrected chi connectivity index (χ2v) is 6.56. The lowest BCUT2D eigenvalue weighted by Gasteiger charge is -2.06. The van der Waals surface area contributed by atoms with Crippen LogP contribution in [0.2, 0.25) is 0 Å². The summed E-state index contributed by atoms with van der Waals surface area (Å²) in [6.07, 6.45) is 4.44. The highest BCUT2D eigenvalue weighted by molar-refractivity contribution is 9.11. The van der Waals surface area contributed by atoms with Crippen molar-refractivity contribution in [3.8, 4) is 0 Å². The molecule has 0 aliphatic carbocycles. The van der Waals surface area contributed by atoms with Gasteiger partial charge in [0.15, 0.2) is 0 Å². The van der Waals surface area contributed by atoms with E-state index in [2.05, 4.69) is 33.9 Å². The van der Waals surface area contributed by atoms with Crippen LogP contribution < -0.4 is 0 Å². The van der Waals surface area contributed by atoms with E-state index in [4.69, 9.17) is 11.6 Å². The highest BCUT2D eigenvalue weighted by atomic mass is 79.9. The molecule has 0 amide bonds. The Hall–Kier alpha value is -0.380. The van der Waals surface area contributed by atoms with E-state index in [1.807, 2.05) is 12.1 Å². The lowest BCUT2D eigenvalue weighted by atomic mass is 10.1. The molecule has 2 aromatic heterocycles. The van der Waals surface area contributed by atoms with Crippen LogP contribution in [0.15, 0.2) is 34.4 Å². The van der Waals surface area contributed by atoms with Gasteiger partial charge in [-0.25, -0.2) is 0 Å². The molecule has 4 heteroatoms. The Morgan fingerprint density at radius 2 is 2.12 bits per heavy atom. The Kier molecular flexibility index (Phi) is 4.00. The van der Waals surface area contributed by atoms with Crippen molar-refractivity contribution in [1.29, 1.82) is 0 Å². The Balaban J connectivity index is 2.11. The first-order valence-electron chi connectivity index (χ1n) is 4.95. The molecule has 1 nitrogen and oxygen atoms in total. The zero-order chi connectivity index (χ0) is 11.5. The molecule has 2 aromatic rings. The fourth-order valence-corrected chi connectivity index (χ4v) is 3.39. The van der Waals surface area contributed by atoms with E-state index in [9.17, 15) is 0 Å². The van der Waals surface area contributed by atoms with Gasteiger partial charge in [-0.2, -0.15) is 0 Å². The number of rotatable bonds is 3. The van der Waals surface area contributed by atoms with Gasteiger partial charge in [0.2, 0.25) is 0 Å². The van der Waals surface area contributed by atoms with Gasteiger partial charge in [-0.3, -0.25) is 4.98 Å². The van der Waals surface area contributed by atoms with Crippen molar-refractivity contribution in [2.75, 3.05) is 0 Å². The lowest BCUT2D eigenvalue weighted by molar-refractivity contribution is 0.935. The molecule has 84 valence electrons. The molecule has 0 radical (unpaired) electrons. The molecule has 2 heterocycles. The first kappa shape index (κ1) is 12.1. The lowest BCUT2D eigenvalue weighted by Crippen LogP contribution is -1.93. The third kappa shape index (κ3) is 2.84. The second-order valence-electron chi connectivity index (χ2n) is 3.63. The van der Waals surface area contributed by atoms with Crippen LogP contribution in [0.25, 0.3) is 0 Å². The van der Waals surface area contributed by atoms with Crippen molar-refractivity contribution in [3.05, 3.63) is 50.4 Å². The number of hydrogen-bond acceptors (Lipinski definition) is 2. The topological polar surface area (TPSA) is 12.9 Å². The molecule has 0 spiro atoms. The van der Waals surface area contributed by atoms with Crippen LogP contribution in [0.1, 0.15) is 21.4 Å². The Morgan fingerprint density at radius 3 is 2.69 bits per heavy atom. The van der Waals surface area contributed by atoms with Crippen LogP contribution in [-0.4, -0.2) is 4.98 Å².